The molecule has 0 aliphatic carbocycles. The van der Waals surface area contributed by atoms with E-state index in [0.29, 0.717) is 23.7 Å². The molecule has 0 bridgehead atoms. The minimum Gasteiger partial charge on any atom is -0.497 e. The molecule has 1 aliphatic heterocycles. The maximum atomic E-state index is 13.1. The van der Waals surface area contributed by atoms with Crippen molar-refractivity contribution in [3.63, 3.8) is 0 Å². The number of ether oxygens (including phenoxy) is 3. The first-order valence-corrected chi connectivity index (χ1v) is 10.6. The number of carbonyl (C=O) groups excluding carboxylic acids is 1. The van der Waals surface area contributed by atoms with E-state index < -0.39 is 5.60 Å². The summed E-state index contributed by atoms with van der Waals surface area (Å²) in [5.74, 6) is 1.94. The smallest absolute Gasteiger partial charge is 0.210 e. The molecule has 0 amide bonds. The van der Waals surface area contributed by atoms with Crippen LogP contribution in [-0.4, -0.2) is 33.1 Å². The van der Waals surface area contributed by atoms with E-state index in [1.807, 2.05) is 60.7 Å². The van der Waals surface area contributed by atoms with E-state index in [4.69, 9.17) is 14.2 Å². The fraction of sp³-hybridized carbons (Fsp3) is 0.192. The lowest BCUT2D eigenvalue weighted by atomic mass is 9.92. The molecule has 0 atom stereocenters. The first-order valence-electron chi connectivity index (χ1n) is 10.6. The molecule has 0 N–H and O–H groups in total. The van der Waals surface area contributed by atoms with E-state index in [1.165, 1.54) is 0 Å². The molecule has 166 valence electrons. The van der Waals surface area contributed by atoms with Gasteiger partial charge in [0, 0.05) is 18.0 Å². The number of methoxy groups -OCH3 is 1. The van der Waals surface area contributed by atoms with E-state index in [-0.39, 0.29) is 5.78 Å². The maximum absolute atomic E-state index is 13.1. The minimum atomic E-state index is -0.933. The van der Waals surface area contributed by atoms with Gasteiger partial charge in [0.15, 0.2) is 11.2 Å². The van der Waals surface area contributed by atoms with Gasteiger partial charge < -0.3 is 14.2 Å². The molecular weight excluding hydrogens is 418 g/mol. The van der Waals surface area contributed by atoms with Crippen molar-refractivity contribution < 1.29 is 19.0 Å². The summed E-state index contributed by atoms with van der Waals surface area (Å²) in [7, 11) is 1.61. The predicted molar refractivity (Wildman–Crippen MR) is 124 cm³/mol. The van der Waals surface area contributed by atoms with Gasteiger partial charge in [0.05, 0.1) is 18.4 Å². The minimum absolute atomic E-state index is 0.0519. The number of hydrogen-bond donors (Lipinski definition) is 0. The number of benzene rings is 2. The fourth-order valence-corrected chi connectivity index (χ4v) is 3.77. The van der Waals surface area contributed by atoms with Crippen LogP contribution in [0, 0.1) is 0 Å². The van der Waals surface area contributed by atoms with Crippen molar-refractivity contribution in [2.45, 2.75) is 26.1 Å². The summed E-state index contributed by atoms with van der Waals surface area (Å²) in [4.78, 5) is 17.3. The third-order valence-corrected chi connectivity index (χ3v) is 5.55. The standard InChI is InChI=1S/C26H23N3O4/c1-26(2)25(30)23(17-4-9-20(31-3)10-5-17)24(33-26)18-6-11-21(12-7-18)32-16-19-8-13-22-27-14-15-29(22)28-19/h4-15H,16H2,1-3H3. The largest absolute Gasteiger partial charge is 0.497 e. The molecular formula is C26H23N3O4. The topological polar surface area (TPSA) is 75.0 Å². The molecule has 7 heteroatoms. The Balaban J connectivity index is 1.39. The number of imidazole rings is 1. The molecule has 2 aromatic heterocycles. The normalized spacial score (nSPS) is 15.1. The lowest BCUT2D eigenvalue weighted by Crippen LogP contribution is -2.29. The summed E-state index contributed by atoms with van der Waals surface area (Å²) in [6.07, 6.45) is 3.50. The zero-order chi connectivity index (χ0) is 23.0. The number of hydrogen-bond acceptors (Lipinski definition) is 6. The van der Waals surface area contributed by atoms with Crippen LogP contribution in [0.25, 0.3) is 17.0 Å². The molecule has 0 saturated heterocycles. The van der Waals surface area contributed by atoms with Gasteiger partial charge in [-0.2, -0.15) is 5.10 Å². The van der Waals surface area contributed by atoms with Crippen LogP contribution < -0.4 is 9.47 Å². The third-order valence-electron chi connectivity index (χ3n) is 5.55. The summed E-state index contributed by atoms with van der Waals surface area (Å²) >= 11 is 0. The summed E-state index contributed by atoms with van der Waals surface area (Å²) in [5.41, 5.74) is 2.82. The second-order valence-electron chi connectivity index (χ2n) is 8.24. The third kappa shape index (κ3) is 3.93. The van der Waals surface area contributed by atoms with Crippen molar-refractivity contribution in [2.24, 2.45) is 0 Å². The average molecular weight is 441 g/mol. The Labute approximate surface area is 191 Å². The fourth-order valence-electron chi connectivity index (χ4n) is 3.77. The summed E-state index contributed by atoms with van der Waals surface area (Å²) in [5, 5.41) is 4.47. The van der Waals surface area contributed by atoms with Gasteiger partial charge >= 0.3 is 0 Å². The van der Waals surface area contributed by atoms with Crippen LogP contribution in [0.4, 0.5) is 0 Å². The van der Waals surface area contributed by atoms with Gasteiger partial charge in [-0.3, -0.25) is 4.79 Å². The molecule has 4 aromatic rings. The van der Waals surface area contributed by atoms with Crippen molar-refractivity contribution in [2.75, 3.05) is 7.11 Å². The summed E-state index contributed by atoms with van der Waals surface area (Å²) < 4.78 is 19.0. The number of rotatable bonds is 6. The van der Waals surface area contributed by atoms with E-state index in [2.05, 4.69) is 10.1 Å². The SMILES string of the molecule is COc1ccc(C2=C(c3ccc(OCc4ccc5nccn5n4)cc3)OC(C)(C)C2=O)cc1. The zero-order valence-electron chi connectivity index (χ0n) is 18.6. The van der Waals surface area contributed by atoms with Gasteiger partial charge in [0.2, 0.25) is 5.78 Å². The molecule has 0 saturated carbocycles. The molecule has 2 aromatic carbocycles. The molecule has 3 heterocycles. The molecule has 1 aliphatic rings. The number of nitrogens with zero attached hydrogens (tertiary/aromatic N) is 3. The summed E-state index contributed by atoms with van der Waals surface area (Å²) in [6, 6.07) is 18.7. The highest BCUT2D eigenvalue weighted by Gasteiger charge is 2.42. The molecule has 0 unspecified atom stereocenters. The van der Waals surface area contributed by atoms with E-state index in [0.717, 1.165) is 28.2 Å². The highest BCUT2D eigenvalue weighted by atomic mass is 16.5. The van der Waals surface area contributed by atoms with Crippen LogP contribution in [0.3, 0.4) is 0 Å². The second-order valence-corrected chi connectivity index (χ2v) is 8.24. The van der Waals surface area contributed by atoms with Crippen molar-refractivity contribution in [1.29, 1.82) is 0 Å². The van der Waals surface area contributed by atoms with Crippen molar-refractivity contribution in [3.05, 3.63) is 89.9 Å². The lowest BCUT2D eigenvalue weighted by molar-refractivity contribution is -0.125. The maximum Gasteiger partial charge on any atom is 0.210 e. The zero-order valence-corrected chi connectivity index (χ0v) is 18.6. The van der Waals surface area contributed by atoms with Gasteiger partial charge in [-0.25, -0.2) is 9.50 Å². The van der Waals surface area contributed by atoms with Crippen LogP contribution >= 0.6 is 0 Å². The molecule has 7 nitrogen and oxygen atoms in total. The first kappa shape index (κ1) is 20.8. The molecule has 33 heavy (non-hydrogen) atoms. The number of ketones is 1. The van der Waals surface area contributed by atoms with E-state index in [9.17, 15) is 4.79 Å². The monoisotopic (exact) mass is 441 g/mol. The van der Waals surface area contributed by atoms with Crippen LogP contribution in [0.15, 0.2) is 73.1 Å². The number of carbonyl (C=O) groups is 1. The van der Waals surface area contributed by atoms with Gasteiger partial charge in [-0.1, -0.05) is 12.1 Å². The second kappa shape index (κ2) is 8.09. The molecule has 5 rings (SSSR count). The Morgan fingerprint density at radius 1 is 0.939 bits per heavy atom. The van der Waals surface area contributed by atoms with Crippen LogP contribution in [0.1, 0.15) is 30.7 Å². The van der Waals surface area contributed by atoms with Gasteiger partial charge in [0.1, 0.15) is 23.9 Å². The number of fused-ring (bicyclic) bond motifs is 1. The Kier molecular flexibility index (Phi) is 5.09. The highest BCUT2D eigenvalue weighted by molar-refractivity contribution is 6.32. The van der Waals surface area contributed by atoms with Crippen molar-refractivity contribution in [3.8, 4) is 11.5 Å². The molecule has 0 radical (unpaired) electrons. The Morgan fingerprint density at radius 3 is 2.36 bits per heavy atom. The predicted octanol–water partition coefficient (Wildman–Crippen LogP) is 4.56. The van der Waals surface area contributed by atoms with Gasteiger partial charge in [-0.15, -0.1) is 0 Å². The summed E-state index contributed by atoms with van der Waals surface area (Å²) in [6.45, 7) is 3.90. The van der Waals surface area contributed by atoms with Crippen LogP contribution in [0.2, 0.25) is 0 Å². The number of Topliss-reactive ketones (excluding diaryl/α,β-unsaturated/α-hetero) is 1. The van der Waals surface area contributed by atoms with Crippen LogP contribution in [0.5, 0.6) is 11.5 Å². The quantitative estimate of drug-likeness (QED) is 0.437. The van der Waals surface area contributed by atoms with Crippen LogP contribution in [-0.2, 0) is 16.1 Å². The van der Waals surface area contributed by atoms with E-state index >= 15 is 0 Å². The Morgan fingerprint density at radius 2 is 1.64 bits per heavy atom. The van der Waals surface area contributed by atoms with Crippen molar-refractivity contribution in [1.82, 2.24) is 14.6 Å². The Hall–Kier alpha value is -4.13. The van der Waals surface area contributed by atoms with Gasteiger partial charge in [0.25, 0.3) is 0 Å². The number of aromatic nitrogens is 3. The van der Waals surface area contributed by atoms with Crippen molar-refractivity contribution >= 4 is 22.8 Å². The van der Waals surface area contributed by atoms with E-state index in [1.54, 1.807) is 37.9 Å². The molecule has 0 fully saturated rings. The Bertz CT molecular complexity index is 1350. The first-order chi connectivity index (χ1) is 15.9. The molecule has 0 spiro atoms. The van der Waals surface area contributed by atoms with Gasteiger partial charge in [-0.05, 0) is 67.9 Å². The highest BCUT2D eigenvalue weighted by Crippen LogP contribution is 2.41. The lowest BCUT2D eigenvalue weighted by Gasteiger charge is -2.18. The average Bonchev–Trinajstić information content (AvgIpc) is 3.39.